The first-order chi connectivity index (χ1) is 6.25. The molecule has 0 atom stereocenters. The van der Waals surface area contributed by atoms with Crippen LogP contribution in [0.1, 0.15) is 27.7 Å². The molecule has 0 amide bonds. The van der Waals surface area contributed by atoms with E-state index in [9.17, 15) is 19.8 Å². The summed E-state index contributed by atoms with van der Waals surface area (Å²) in [6.07, 6.45) is 2.11. The van der Waals surface area contributed by atoms with Crippen molar-refractivity contribution in [1.82, 2.24) is 0 Å². The quantitative estimate of drug-likeness (QED) is 0.388. The van der Waals surface area contributed by atoms with E-state index in [-0.39, 0.29) is 40.2 Å². The molecule has 5 heteroatoms. The van der Waals surface area contributed by atoms with Gasteiger partial charge in [0.05, 0.1) is 0 Å². The third-order valence-corrected chi connectivity index (χ3v) is 0.813. The van der Waals surface area contributed by atoms with Crippen molar-refractivity contribution in [1.29, 1.82) is 0 Å². The molecule has 0 saturated carbocycles. The molecule has 0 aliphatic carbocycles. The fraction of sp³-hybridized carbons (Fsp3) is 0.400. The van der Waals surface area contributed by atoms with Crippen LogP contribution in [0.5, 0.6) is 0 Å². The summed E-state index contributed by atoms with van der Waals surface area (Å²) in [5.41, 5.74) is 0. The molecule has 0 N–H and O–H groups in total. The van der Waals surface area contributed by atoms with E-state index in [1.807, 2.05) is 0 Å². The molecule has 0 unspecified atom stereocenters. The van der Waals surface area contributed by atoms with Crippen molar-refractivity contribution in [2.45, 2.75) is 27.7 Å². The molecular formula is C10H14CuO4. The molecule has 0 spiro atoms. The van der Waals surface area contributed by atoms with Gasteiger partial charge in [0.25, 0.3) is 0 Å². The van der Waals surface area contributed by atoms with Gasteiger partial charge in [-0.15, -0.1) is 11.5 Å². The Morgan fingerprint density at radius 3 is 1.00 bits per heavy atom. The molecule has 0 rings (SSSR count). The summed E-state index contributed by atoms with van der Waals surface area (Å²) in [5, 5.41) is 20.0. The molecule has 0 aliphatic rings. The summed E-state index contributed by atoms with van der Waals surface area (Å²) < 4.78 is 0. The number of hydrogen-bond acceptors (Lipinski definition) is 4. The van der Waals surface area contributed by atoms with E-state index in [4.69, 9.17) is 0 Å². The summed E-state index contributed by atoms with van der Waals surface area (Å²) >= 11 is 0. The molecule has 0 heterocycles. The SMILES string of the molecule is CC(=O)/C=C(/C)[O-].CC(=O)/C=C(\C)[O-].[Cu+2]. The minimum absolute atomic E-state index is 0. The van der Waals surface area contributed by atoms with Gasteiger partial charge < -0.3 is 10.2 Å². The standard InChI is InChI=1S/2C5H8O2.Cu/c2*1-4(6)3-5(2)7;/h2*3,6H,1-2H3;/q;;+2/p-2/b4-3+;4-3-;. The first-order valence-corrected chi connectivity index (χ1v) is 3.97. The van der Waals surface area contributed by atoms with Crippen molar-refractivity contribution in [2.24, 2.45) is 0 Å². The third-order valence-electron chi connectivity index (χ3n) is 0.813. The average molecular weight is 262 g/mol. The largest absolute Gasteiger partial charge is 2.00 e. The van der Waals surface area contributed by atoms with Gasteiger partial charge in [-0.1, -0.05) is 13.8 Å². The number of hydrogen-bond donors (Lipinski definition) is 0. The Bertz CT molecular complexity index is 231. The van der Waals surface area contributed by atoms with Crippen molar-refractivity contribution in [3.63, 3.8) is 0 Å². The molecule has 0 aliphatic heterocycles. The van der Waals surface area contributed by atoms with Gasteiger partial charge in [-0.3, -0.25) is 9.59 Å². The van der Waals surface area contributed by atoms with Gasteiger partial charge in [-0.25, -0.2) is 0 Å². The van der Waals surface area contributed by atoms with Gasteiger partial charge in [0.15, 0.2) is 11.6 Å². The third kappa shape index (κ3) is 32.2. The van der Waals surface area contributed by atoms with Crippen LogP contribution in [-0.4, -0.2) is 11.6 Å². The van der Waals surface area contributed by atoms with Gasteiger partial charge >= 0.3 is 17.1 Å². The van der Waals surface area contributed by atoms with Gasteiger partial charge in [0.2, 0.25) is 0 Å². The molecule has 0 fully saturated rings. The molecule has 0 aromatic carbocycles. The molecule has 0 aromatic heterocycles. The minimum Gasteiger partial charge on any atom is -0.876 e. The topological polar surface area (TPSA) is 80.3 Å². The van der Waals surface area contributed by atoms with Crippen LogP contribution in [0.3, 0.4) is 0 Å². The number of carbonyl (C=O) groups excluding carboxylic acids is 2. The first-order valence-electron chi connectivity index (χ1n) is 3.97. The monoisotopic (exact) mass is 261 g/mol. The average Bonchev–Trinajstić information content (AvgIpc) is 1.79. The number of carbonyl (C=O) groups is 2. The molecule has 15 heavy (non-hydrogen) atoms. The predicted octanol–water partition coefficient (Wildman–Crippen LogP) is -0.324. The van der Waals surface area contributed by atoms with E-state index in [0.717, 1.165) is 12.2 Å². The second-order valence-electron chi connectivity index (χ2n) is 2.73. The molecular weight excluding hydrogens is 248 g/mol. The Morgan fingerprint density at radius 1 is 0.800 bits per heavy atom. The summed E-state index contributed by atoms with van der Waals surface area (Å²) in [5.74, 6) is -0.750. The molecule has 4 nitrogen and oxygen atoms in total. The van der Waals surface area contributed by atoms with Crippen LogP contribution in [0, 0.1) is 0 Å². The molecule has 0 aromatic rings. The molecule has 1 radical (unpaired) electrons. The van der Waals surface area contributed by atoms with Crippen LogP contribution < -0.4 is 10.2 Å². The zero-order chi connectivity index (χ0) is 11.7. The van der Waals surface area contributed by atoms with E-state index >= 15 is 0 Å². The second kappa shape index (κ2) is 11.0. The van der Waals surface area contributed by atoms with Crippen LogP contribution in [0.4, 0.5) is 0 Å². The predicted molar refractivity (Wildman–Crippen MR) is 48.9 cm³/mol. The van der Waals surface area contributed by atoms with Crippen LogP contribution in [0.15, 0.2) is 23.7 Å². The molecule has 0 saturated heterocycles. The Labute approximate surface area is 100 Å². The van der Waals surface area contributed by atoms with Crippen LogP contribution >= 0.6 is 0 Å². The first kappa shape index (κ1) is 19.5. The van der Waals surface area contributed by atoms with Crippen molar-refractivity contribution in [3.8, 4) is 0 Å². The number of ketones is 2. The van der Waals surface area contributed by atoms with Crippen LogP contribution in [-0.2, 0) is 26.7 Å². The van der Waals surface area contributed by atoms with E-state index in [1.54, 1.807) is 0 Å². The fourth-order valence-electron chi connectivity index (χ4n) is 0.572. The zero-order valence-electron chi connectivity index (χ0n) is 9.09. The number of rotatable bonds is 2. The van der Waals surface area contributed by atoms with E-state index in [2.05, 4.69) is 0 Å². The zero-order valence-corrected chi connectivity index (χ0v) is 10.0. The Hall–Kier alpha value is -1.06. The smallest absolute Gasteiger partial charge is 0.876 e. The summed E-state index contributed by atoms with van der Waals surface area (Å²) in [4.78, 5) is 20.0. The summed E-state index contributed by atoms with van der Waals surface area (Å²) in [7, 11) is 0. The van der Waals surface area contributed by atoms with Gasteiger partial charge in [-0.05, 0) is 26.0 Å². The normalized spacial score (nSPS) is 10.7. The van der Waals surface area contributed by atoms with Crippen molar-refractivity contribution < 1.29 is 36.9 Å². The van der Waals surface area contributed by atoms with Crippen LogP contribution in [0.2, 0.25) is 0 Å². The van der Waals surface area contributed by atoms with Gasteiger partial charge in [0, 0.05) is 0 Å². The van der Waals surface area contributed by atoms with E-state index in [0.29, 0.717) is 0 Å². The number of allylic oxidation sites excluding steroid dienone is 4. The van der Waals surface area contributed by atoms with Crippen molar-refractivity contribution >= 4 is 11.6 Å². The van der Waals surface area contributed by atoms with Gasteiger partial charge in [-0.2, -0.15) is 0 Å². The maximum atomic E-state index is 9.98. The Balaban J connectivity index is -0.000000180. The van der Waals surface area contributed by atoms with E-state index < -0.39 is 0 Å². The summed E-state index contributed by atoms with van der Waals surface area (Å²) in [6, 6.07) is 0. The van der Waals surface area contributed by atoms with E-state index in [1.165, 1.54) is 27.7 Å². The molecule has 89 valence electrons. The van der Waals surface area contributed by atoms with Crippen molar-refractivity contribution in [3.05, 3.63) is 23.7 Å². The van der Waals surface area contributed by atoms with Gasteiger partial charge in [0.1, 0.15) is 0 Å². The minimum atomic E-state index is -0.187. The second-order valence-corrected chi connectivity index (χ2v) is 2.73. The fourth-order valence-corrected chi connectivity index (χ4v) is 0.572. The molecule has 0 bridgehead atoms. The van der Waals surface area contributed by atoms with Crippen LogP contribution in [0.25, 0.3) is 0 Å². The Morgan fingerprint density at radius 2 is 1.00 bits per heavy atom. The van der Waals surface area contributed by atoms with Crippen molar-refractivity contribution in [2.75, 3.05) is 0 Å². The Kier molecular flexibility index (Phi) is 14.3. The maximum absolute atomic E-state index is 9.98. The maximum Gasteiger partial charge on any atom is 2.00 e. The summed E-state index contributed by atoms with van der Waals surface area (Å²) in [6.45, 7) is 5.39.